The summed E-state index contributed by atoms with van der Waals surface area (Å²) in [4.78, 5) is 22.1. The van der Waals surface area contributed by atoms with Crippen molar-refractivity contribution >= 4 is 11.0 Å². The number of nitrogens with zero attached hydrogens (tertiary/aromatic N) is 8. The van der Waals surface area contributed by atoms with Gasteiger partial charge < -0.3 is 9.30 Å². The normalized spacial score (nSPS) is 13.8. The average Bonchev–Trinajstić information content (AvgIpc) is 3.61. The number of halogens is 3. The predicted molar refractivity (Wildman–Crippen MR) is 137 cm³/mol. The van der Waals surface area contributed by atoms with Crippen LogP contribution in [0.5, 0.6) is 5.88 Å². The van der Waals surface area contributed by atoms with Gasteiger partial charge in [0.25, 0.3) is 0 Å². The predicted octanol–water partition coefficient (Wildman–Crippen LogP) is 5.20. The van der Waals surface area contributed by atoms with E-state index >= 15 is 0 Å². The standard InChI is InChI=1S/C27H25F3N8O/c1-4-38-13-20(27(28,29)30)34-25(38)17-7-5-15(6-8-17)11-18-23-19(37(2)36-18)12-31-24(35-23)21-22(16-9-10-16)32-14-33-26(21)39-3/h5-8,12-14,16H,4,9-11H2,1-3H3. The van der Waals surface area contributed by atoms with Crippen molar-refractivity contribution in [1.82, 2.24) is 39.3 Å². The summed E-state index contributed by atoms with van der Waals surface area (Å²) in [6, 6.07) is 7.31. The highest BCUT2D eigenvalue weighted by Gasteiger charge is 2.35. The van der Waals surface area contributed by atoms with E-state index in [0.717, 1.165) is 41.5 Å². The van der Waals surface area contributed by atoms with E-state index in [0.29, 0.717) is 47.2 Å². The fourth-order valence-corrected chi connectivity index (χ4v) is 4.75. The van der Waals surface area contributed by atoms with E-state index in [2.05, 4.69) is 25.0 Å². The molecular formula is C27H25F3N8O. The Morgan fingerprint density at radius 1 is 1.05 bits per heavy atom. The molecule has 1 aliphatic rings. The summed E-state index contributed by atoms with van der Waals surface area (Å²) in [6.45, 7) is 2.16. The Labute approximate surface area is 221 Å². The fraction of sp³-hybridized carbons (Fsp3) is 0.333. The molecule has 0 radical (unpaired) electrons. The Kier molecular flexibility index (Phi) is 6.04. The summed E-state index contributed by atoms with van der Waals surface area (Å²) < 4.78 is 48.4. The van der Waals surface area contributed by atoms with Gasteiger partial charge in [-0.3, -0.25) is 4.68 Å². The molecule has 39 heavy (non-hydrogen) atoms. The van der Waals surface area contributed by atoms with E-state index in [1.807, 2.05) is 19.2 Å². The molecule has 4 aromatic heterocycles. The highest BCUT2D eigenvalue weighted by atomic mass is 19.4. The lowest BCUT2D eigenvalue weighted by Gasteiger charge is -2.10. The van der Waals surface area contributed by atoms with Gasteiger partial charge in [-0.15, -0.1) is 0 Å². The molecule has 0 unspecified atom stereocenters. The molecule has 0 atom stereocenters. The SMILES string of the molecule is CCn1cc(C(F)(F)F)nc1-c1ccc(Cc2nn(C)c3cnc(-c4c(OC)ncnc4C4CC4)nc23)cc1. The minimum absolute atomic E-state index is 0.280. The molecule has 6 rings (SSSR count). The van der Waals surface area contributed by atoms with Gasteiger partial charge in [0.15, 0.2) is 11.5 Å². The number of imidazole rings is 1. The molecule has 9 nitrogen and oxygen atoms in total. The van der Waals surface area contributed by atoms with Crippen LogP contribution < -0.4 is 4.74 Å². The second kappa shape index (κ2) is 9.44. The molecule has 1 saturated carbocycles. The maximum absolute atomic E-state index is 13.2. The molecule has 12 heteroatoms. The number of aromatic nitrogens is 8. The van der Waals surface area contributed by atoms with E-state index in [1.54, 1.807) is 37.0 Å². The summed E-state index contributed by atoms with van der Waals surface area (Å²) in [7, 11) is 3.40. The number of hydrogen-bond acceptors (Lipinski definition) is 7. The van der Waals surface area contributed by atoms with Crippen molar-refractivity contribution in [2.75, 3.05) is 7.11 Å². The third kappa shape index (κ3) is 4.59. The molecule has 5 aromatic rings. The minimum Gasteiger partial charge on any atom is -0.480 e. The Hall–Kier alpha value is -4.35. The van der Waals surface area contributed by atoms with Gasteiger partial charge in [-0.2, -0.15) is 18.3 Å². The van der Waals surface area contributed by atoms with Crippen molar-refractivity contribution in [3.05, 3.63) is 65.6 Å². The zero-order chi connectivity index (χ0) is 27.3. The number of rotatable bonds is 7. The van der Waals surface area contributed by atoms with Crippen molar-refractivity contribution in [2.45, 2.75) is 44.8 Å². The third-order valence-electron chi connectivity index (χ3n) is 6.88. The third-order valence-corrected chi connectivity index (χ3v) is 6.88. The smallest absolute Gasteiger partial charge is 0.434 e. The first-order chi connectivity index (χ1) is 18.8. The van der Waals surface area contributed by atoms with Gasteiger partial charge in [0.1, 0.15) is 28.7 Å². The Bertz CT molecular complexity index is 1670. The van der Waals surface area contributed by atoms with Crippen LogP contribution in [-0.2, 0) is 26.2 Å². The van der Waals surface area contributed by atoms with Gasteiger partial charge in [-0.25, -0.2) is 24.9 Å². The summed E-state index contributed by atoms with van der Waals surface area (Å²) in [6.07, 6.45) is 2.38. The summed E-state index contributed by atoms with van der Waals surface area (Å²) >= 11 is 0. The Morgan fingerprint density at radius 3 is 2.49 bits per heavy atom. The van der Waals surface area contributed by atoms with E-state index in [4.69, 9.17) is 9.72 Å². The van der Waals surface area contributed by atoms with Gasteiger partial charge in [0.05, 0.1) is 24.7 Å². The van der Waals surface area contributed by atoms with E-state index in [-0.39, 0.29) is 5.82 Å². The van der Waals surface area contributed by atoms with Crippen molar-refractivity contribution in [3.8, 4) is 28.7 Å². The molecule has 1 aliphatic carbocycles. The van der Waals surface area contributed by atoms with Gasteiger partial charge in [-0.1, -0.05) is 24.3 Å². The number of methoxy groups -OCH3 is 1. The Balaban J connectivity index is 1.34. The largest absolute Gasteiger partial charge is 0.480 e. The van der Waals surface area contributed by atoms with Gasteiger partial charge in [0, 0.05) is 37.7 Å². The number of aryl methyl sites for hydroxylation is 2. The minimum atomic E-state index is -4.49. The number of benzene rings is 1. The van der Waals surface area contributed by atoms with Crippen LogP contribution in [0.1, 0.15) is 48.3 Å². The number of alkyl halides is 3. The van der Waals surface area contributed by atoms with Crippen LogP contribution in [0.3, 0.4) is 0 Å². The maximum atomic E-state index is 13.2. The van der Waals surface area contributed by atoms with Gasteiger partial charge in [-0.05, 0) is 25.3 Å². The monoisotopic (exact) mass is 534 g/mol. The molecule has 200 valence electrons. The lowest BCUT2D eigenvalue weighted by molar-refractivity contribution is -0.140. The zero-order valence-electron chi connectivity index (χ0n) is 21.6. The van der Waals surface area contributed by atoms with Crippen LogP contribution in [0.15, 0.2) is 43.0 Å². The molecule has 1 aromatic carbocycles. The van der Waals surface area contributed by atoms with Crippen LogP contribution in [0.4, 0.5) is 13.2 Å². The summed E-state index contributed by atoms with van der Waals surface area (Å²) in [5.41, 5.74) is 4.47. The lowest BCUT2D eigenvalue weighted by atomic mass is 10.1. The molecular weight excluding hydrogens is 509 g/mol. The first kappa shape index (κ1) is 25.0. The lowest BCUT2D eigenvalue weighted by Crippen LogP contribution is -2.05. The van der Waals surface area contributed by atoms with Crippen LogP contribution in [0.25, 0.3) is 33.8 Å². The van der Waals surface area contributed by atoms with Crippen molar-refractivity contribution in [1.29, 1.82) is 0 Å². The quantitative estimate of drug-likeness (QED) is 0.283. The highest BCUT2D eigenvalue weighted by Crippen LogP contribution is 2.45. The summed E-state index contributed by atoms with van der Waals surface area (Å²) in [5, 5.41) is 4.68. The van der Waals surface area contributed by atoms with Crippen LogP contribution >= 0.6 is 0 Å². The van der Waals surface area contributed by atoms with Crippen molar-refractivity contribution < 1.29 is 17.9 Å². The Morgan fingerprint density at radius 2 is 1.82 bits per heavy atom. The summed E-state index contributed by atoms with van der Waals surface area (Å²) in [5.74, 6) is 1.55. The topological polar surface area (TPSA) is 96.4 Å². The first-order valence-electron chi connectivity index (χ1n) is 12.6. The number of fused-ring (bicyclic) bond motifs is 1. The van der Waals surface area contributed by atoms with E-state index in [9.17, 15) is 13.2 Å². The number of hydrogen-bond donors (Lipinski definition) is 0. The molecule has 4 heterocycles. The van der Waals surface area contributed by atoms with Crippen LogP contribution in [0, 0.1) is 0 Å². The highest BCUT2D eigenvalue weighted by molar-refractivity contribution is 5.80. The fourth-order valence-electron chi connectivity index (χ4n) is 4.75. The van der Waals surface area contributed by atoms with E-state index in [1.165, 1.54) is 10.9 Å². The molecule has 0 aliphatic heterocycles. The van der Waals surface area contributed by atoms with Crippen LogP contribution in [-0.4, -0.2) is 46.4 Å². The average molecular weight is 535 g/mol. The van der Waals surface area contributed by atoms with E-state index < -0.39 is 11.9 Å². The maximum Gasteiger partial charge on any atom is 0.434 e. The second-order valence-corrected chi connectivity index (χ2v) is 9.52. The number of ether oxygens (including phenoxy) is 1. The molecule has 0 saturated heterocycles. The zero-order valence-corrected chi connectivity index (χ0v) is 21.6. The van der Waals surface area contributed by atoms with Gasteiger partial charge in [0.2, 0.25) is 5.88 Å². The van der Waals surface area contributed by atoms with Crippen molar-refractivity contribution in [2.24, 2.45) is 7.05 Å². The first-order valence-corrected chi connectivity index (χ1v) is 12.6. The van der Waals surface area contributed by atoms with Crippen LogP contribution in [0.2, 0.25) is 0 Å². The van der Waals surface area contributed by atoms with Gasteiger partial charge >= 0.3 is 6.18 Å². The second-order valence-electron chi connectivity index (χ2n) is 9.52. The molecule has 0 N–H and O–H groups in total. The molecule has 1 fully saturated rings. The van der Waals surface area contributed by atoms with Crippen molar-refractivity contribution in [3.63, 3.8) is 0 Å². The molecule has 0 amide bonds. The molecule has 0 bridgehead atoms. The molecule has 0 spiro atoms.